The molecule has 0 saturated heterocycles. The molecule has 0 saturated carbocycles. The number of aromatic nitrogens is 1. The van der Waals surface area contributed by atoms with Crippen LogP contribution in [0.5, 0.6) is 0 Å². The Morgan fingerprint density at radius 2 is 2.36 bits per heavy atom. The molecule has 0 bridgehead atoms. The molecule has 0 aliphatic carbocycles. The third-order valence-corrected chi connectivity index (χ3v) is 1.91. The van der Waals surface area contributed by atoms with Crippen molar-refractivity contribution in [2.45, 2.75) is 25.6 Å². The fourth-order valence-electron chi connectivity index (χ4n) is 0.933. The normalized spacial score (nSPS) is 10.9. The maximum absolute atomic E-state index is 5.02. The molecule has 0 aliphatic heterocycles. The summed E-state index contributed by atoms with van der Waals surface area (Å²) in [6, 6.07) is 1.99. The van der Waals surface area contributed by atoms with Crippen LogP contribution in [0.3, 0.4) is 0 Å². The minimum atomic E-state index is 0.642. The third-order valence-electron chi connectivity index (χ3n) is 1.36. The Morgan fingerprint density at radius 1 is 1.64 bits per heavy atom. The van der Waals surface area contributed by atoms with Gasteiger partial charge in [-0.25, -0.2) is 0 Å². The molecule has 2 nitrogen and oxygen atoms in total. The van der Waals surface area contributed by atoms with Crippen LogP contribution in [0.4, 0.5) is 0 Å². The van der Waals surface area contributed by atoms with Gasteiger partial charge in [-0.15, -0.1) is 0 Å². The number of hydrogen-bond acceptors (Lipinski definition) is 2. The van der Waals surface area contributed by atoms with Gasteiger partial charge in [-0.05, 0) is 12.3 Å². The molecule has 1 aromatic heterocycles. The van der Waals surface area contributed by atoms with Gasteiger partial charge in [0.15, 0.2) is 0 Å². The van der Waals surface area contributed by atoms with Crippen LogP contribution in [0.2, 0.25) is 0 Å². The molecule has 0 N–H and O–H groups in total. The second kappa shape index (κ2) is 3.90. The van der Waals surface area contributed by atoms with Gasteiger partial charge in [0.2, 0.25) is 0 Å². The van der Waals surface area contributed by atoms with Gasteiger partial charge in [0, 0.05) is 6.07 Å². The Labute approximate surface area is 75.1 Å². The topological polar surface area (TPSA) is 26.0 Å². The predicted molar refractivity (Wildman–Crippen MR) is 47.7 cm³/mol. The summed E-state index contributed by atoms with van der Waals surface area (Å²) in [6.45, 7) is 4.34. The summed E-state index contributed by atoms with van der Waals surface area (Å²) in [6.07, 6.45) is 0.997. The summed E-state index contributed by atoms with van der Waals surface area (Å²) >= 11 is 3.30. The maximum Gasteiger partial charge on any atom is 0.147 e. The molecule has 0 amide bonds. The van der Waals surface area contributed by atoms with Gasteiger partial charge in [0.1, 0.15) is 5.76 Å². The van der Waals surface area contributed by atoms with E-state index in [1.54, 1.807) is 0 Å². The average molecular weight is 218 g/mol. The van der Waals surface area contributed by atoms with Gasteiger partial charge >= 0.3 is 0 Å². The number of rotatable bonds is 3. The predicted octanol–water partition coefficient (Wildman–Crippen LogP) is 2.77. The molecule has 0 aliphatic rings. The van der Waals surface area contributed by atoms with E-state index in [0.29, 0.717) is 5.92 Å². The first-order valence-corrected chi connectivity index (χ1v) is 4.85. The third kappa shape index (κ3) is 2.66. The van der Waals surface area contributed by atoms with E-state index in [-0.39, 0.29) is 0 Å². The summed E-state index contributed by atoms with van der Waals surface area (Å²) in [7, 11) is 0. The molecule has 1 aromatic rings. The highest BCUT2D eigenvalue weighted by Crippen LogP contribution is 2.11. The Balaban J connectivity index is 2.58. The van der Waals surface area contributed by atoms with Gasteiger partial charge in [-0.3, -0.25) is 0 Å². The first-order chi connectivity index (χ1) is 5.22. The SMILES string of the molecule is CC(C)Cc1cc(CBr)on1. The Morgan fingerprint density at radius 3 is 2.82 bits per heavy atom. The van der Waals surface area contributed by atoms with E-state index in [2.05, 4.69) is 34.9 Å². The molecule has 0 fully saturated rings. The fraction of sp³-hybridized carbons (Fsp3) is 0.625. The van der Waals surface area contributed by atoms with Crippen LogP contribution in [0.25, 0.3) is 0 Å². The lowest BCUT2D eigenvalue weighted by atomic mass is 10.1. The van der Waals surface area contributed by atoms with E-state index in [1.165, 1.54) is 0 Å². The number of hydrogen-bond donors (Lipinski definition) is 0. The van der Waals surface area contributed by atoms with Crippen LogP contribution in [0.15, 0.2) is 10.6 Å². The second-order valence-electron chi connectivity index (χ2n) is 3.02. The van der Waals surface area contributed by atoms with Crippen molar-refractivity contribution in [3.63, 3.8) is 0 Å². The lowest BCUT2D eigenvalue weighted by molar-refractivity contribution is 0.385. The van der Waals surface area contributed by atoms with Crippen LogP contribution in [-0.4, -0.2) is 5.16 Å². The van der Waals surface area contributed by atoms with E-state index in [4.69, 9.17) is 4.52 Å². The zero-order chi connectivity index (χ0) is 8.27. The Hall–Kier alpha value is -0.310. The zero-order valence-corrected chi connectivity index (χ0v) is 8.39. The summed E-state index contributed by atoms with van der Waals surface area (Å²) in [5.74, 6) is 1.55. The molecule has 0 unspecified atom stereocenters. The van der Waals surface area contributed by atoms with Crippen molar-refractivity contribution in [3.05, 3.63) is 17.5 Å². The molecule has 0 spiro atoms. The van der Waals surface area contributed by atoms with E-state index < -0.39 is 0 Å². The Bertz CT molecular complexity index is 220. The standard InChI is InChI=1S/C8H12BrNO/c1-6(2)3-7-4-8(5-9)11-10-7/h4,6H,3,5H2,1-2H3. The first-order valence-electron chi connectivity index (χ1n) is 3.72. The molecule has 1 heterocycles. The molecular weight excluding hydrogens is 206 g/mol. The van der Waals surface area contributed by atoms with Crippen molar-refractivity contribution in [2.24, 2.45) is 5.92 Å². The van der Waals surface area contributed by atoms with Gasteiger partial charge in [-0.1, -0.05) is 34.9 Å². The Kier molecular flexibility index (Phi) is 3.12. The number of nitrogens with zero attached hydrogens (tertiary/aromatic N) is 1. The van der Waals surface area contributed by atoms with Crippen LogP contribution < -0.4 is 0 Å². The molecule has 0 atom stereocenters. The van der Waals surface area contributed by atoms with E-state index in [1.807, 2.05) is 6.07 Å². The monoisotopic (exact) mass is 217 g/mol. The van der Waals surface area contributed by atoms with E-state index >= 15 is 0 Å². The van der Waals surface area contributed by atoms with Crippen molar-refractivity contribution >= 4 is 15.9 Å². The number of alkyl halides is 1. The van der Waals surface area contributed by atoms with Crippen LogP contribution >= 0.6 is 15.9 Å². The second-order valence-corrected chi connectivity index (χ2v) is 3.58. The summed E-state index contributed by atoms with van der Waals surface area (Å²) in [5, 5.41) is 4.67. The zero-order valence-electron chi connectivity index (χ0n) is 6.80. The molecule has 62 valence electrons. The van der Waals surface area contributed by atoms with Gasteiger partial charge < -0.3 is 4.52 Å². The smallest absolute Gasteiger partial charge is 0.147 e. The molecule has 0 aromatic carbocycles. The van der Waals surface area contributed by atoms with Crippen molar-refractivity contribution in [2.75, 3.05) is 0 Å². The van der Waals surface area contributed by atoms with E-state index in [9.17, 15) is 0 Å². The molecule has 0 radical (unpaired) electrons. The molecule has 11 heavy (non-hydrogen) atoms. The number of halogens is 1. The van der Waals surface area contributed by atoms with Crippen molar-refractivity contribution in [3.8, 4) is 0 Å². The highest BCUT2D eigenvalue weighted by atomic mass is 79.9. The van der Waals surface area contributed by atoms with Crippen molar-refractivity contribution < 1.29 is 4.52 Å². The molecule has 1 rings (SSSR count). The lowest BCUT2D eigenvalue weighted by Gasteiger charge is -1.96. The molecule has 3 heteroatoms. The highest BCUT2D eigenvalue weighted by molar-refractivity contribution is 9.08. The summed E-state index contributed by atoms with van der Waals surface area (Å²) in [4.78, 5) is 0. The largest absolute Gasteiger partial charge is 0.360 e. The van der Waals surface area contributed by atoms with Crippen molar-refractivity contribution in [1.82, 2.24) is 5.16 Å². The quantitative estimate of drug-likeness (QED) is 0.729. The van der Waals surface area contributed by atoms with Gasteiger partial charge in [-0.2, -0.15) is 0 Å². The minimum absolute atomic E-state index is 0.642. The summed E-state index contributed by atoms with van der Waals surface area (Å²) < 4.78 is 5.02. The fourth-order valence-corrected chi connectivity index (χ4v) is 1.20. The molecular formula is C8H12BrNO. The average Bonchev–Trinajstić information content (AvgIpc) is 2.34. The van der Waals surface area contributed by atoms with Crippen LogP contribution in [0, 0.1) is 5.92 Å². The minimum Gasteiger partial charge on any atom is -0.360 e. The summed E-state index contributed by atoms with van der Waals surface area (Å²) in [5.41, 5.74) is 1.05. The lowest BCUT2D eigenvalue weighted by Crippen LogP contribution is -1.92. The van der Waals surface area contributed by atoms with Crippen LogP contribution in [0.1, 0.15) is 25.3 Å². The van der Waals surface area contributed by atoms with Crippen LogP contribution in [-0.2, 0) is 11.8 Å². The first kappa shape index (κ1) is 8.78. The highest BCUT2D eigenvalue weighted by Gasteiger charge is 2.03. The van der Waals surface area contributed by atoms with E-state index in [0.717, 1.165) is 23.2 Å². The van der Waals surface area contributed by atoms with Gasteiger partial charge in [0.05, 0.1) is 11.0 Å². The van der Waals surface area contributed by atoms with Crippen molar-refractivity contribution in [1.29, 1.82) is 0 Å². The van der Waals surface area contributed by atoms with Gasteiger partial charge in [0.25, 0.3) is 0 Å². The maximum atomic E-state index is 5.02.